The summed E-state index contributed by atoms with van der Waals surface area (Å²) >= 11 is 1.32. The third kappa shape index (κ3) is 4.83. The first-order valence-corrected chi connectivity index (χ1v) is 11.5. The van der Waals surface area contributed by atoms with Crippen LogP contribution in [-0.2, 0) is 4.79 Å². The number of nitrogens with one attached hydrogen (secondary N) is 3. The minimum Gasteiger partial charge on any atom is -0.349 e. The molecule has 3 amide bonds. The molecule has 0 radical (unpaired) electrons. The van der Waals surface area contributed by atoms with Crippen molar-refractivity contribution in [3.05, 3.63) is 40.3 Å². The second-order valence-electron chi connectivity index (χ2n) is 9.37. The number of H-pyrrole nitrogens is 1. The van der Waals surface area contributed by atoms with Crippen molar-refractivity contribution in [2.45, 2.75) is 46.1 Å². The Labute approximate surface area is 190 Å². The van der Waals surface area contributed by atoms with Gasteiger partial charge in [-0.1, -0.05) is 20.8 Å². The van der Waals surface area contributed by atoms with Crippen LogP contribution in [0.25, 0.3) is 10.9 Å². The predicted molar refractivity (Wildman–Crippen MR) is 126 cm³/mol. The van der Waals surface area contributed by atoms with Crippen molar-refractivity contribution in [3.63, 3.8) is 0 Å². The molecule has 32 heavy (non-hydrogen) atoms. The zero-order valence-corrected chi connectivity index (χ0v) is 19.4. The topological polar surface area (TPSA) is 107 Å². The molecule has 1 aliphatic rings. The number of anilines is 2. The quantitative estimate of drug-likeness (QED) is 0.521. The first-order valence-electron chi connectivity index (χ1n) is 10.5. The van der Waals surface area contributed by atoms with Gasteiger partial charge in [0.15, 0.2) is 0 Å². The number of nitrogens with zero attached hydrogens (tertiary/aromatic N) is 2. The summed E-state index contributed by atoms with van der Waals surface area (Å²) in [6.07, 6.45) is 2.33. The molecule has 9 heteroatoms. The van der Waals surface area contributed by atoms with Crippen LogP contribution in [0, 0.1) is 5.41 Å². The summed E-state index contributed by atoms with van der Waals surface area (Å²) in [7, 11) is 1.74. The number of rotatable bonds is 6. The number of hydrogen-bond donors (Lipinski definition) is 3. The lowest BCUT2D eigenvalue weighted by molar-refractivity contribution is -0.120. The highest BCUT2D eigenvalue weighted by Gasteiger charge is 2.28. The number of fused-ring (bicyclic) bond motifs is 1. The van der Waals surface area contributed by atoms with Crippen LogP contribution < -0.4 is 15.5 Å². The Hall–Kier alpha value is -3.20. The minimum absolute atomic E-state index is 0.00663. The van der Waals surface area contributed by atoms with Crippen LogP contribution >= 0.6 is 11.3 Å². The molecule has 0 unspecified atom stereocenters. The summed E-state index contributed by atoms with van der Waals surface area (Å²) in [5.74, 6) is -0.308. The van der Waals surface area contributed by atoms with Gasteiger partial charge in [-0.2, -0.15) is 0 Å². The predicted octanol–water partition coefficient (Wildman–Crippen LogP) is 4.17. The van der Waals surface area contributed by atoms with Crippen molar-refractivity contribution in [3.8, 4) is 0 Å². The molecule has 1 aromatic carbocycles. The summed E-state index contributed by atoms with van der Waals surface area (Å²) in [4.78, 5) is 47.0. The van der Waals surface area contributed by atoms with E-state index in [2.05, 4.69) is 20.6 Å². The molecule has 3 N–H and O–H groups in total. The average Bonchev–Trinajstić information content (AvgIpc) is 3.23. The molecule has 0 saturated heterocycles. The van der Waals surface area contributed by atoms with Crippen LogP contribution in [0.5, 0.6) is 0 Å². The van der Waals surface area contributed by atoms with Gasteiger partial charge in [0.25, 0.3) is 11.8 Å². The average molecular weight is 454 g/mol. The molecule has 4 rings (SSSR count). The van der Waals surface area contributed by atoms with E-state index < -0.39 is 5.91 Å². The molecule has 0 atom stereocenters. The molecular formula is C23H27N5O3S. The largest absolute Gasteiger partial charge is 0.349 e. The van der Waals surface area contributed by atoms with Gasteiger partial charge in [0, 0.05) is 41.5 Å². The summed E-state index contributed by atoms with van der Waals surface area (Å²) in [6, 6.07) is 5.62. The lowest BCUT2D eigenvalue weighted by atomic mass is 9.91. The number of carbonyl (C=O) groups excluding carboxylic acids is 3. The monoisotopic (exact) mass is 453 g/mol. The Morgan fingerprint density at radius 2 is 1.97 bits per heavy atom. The van der Waals surface area contributed by atoms with Crippen molar-refractivity contribution in [1.82, 2.24) is 15.3 Å². The molecule has 1 fully saturated rings. The second kappa shape index (κ2) is 8.38. The molecule has 1 saturated carbocycles. The van der Waals surface area contributed by atoms with Crippen LogP contribution in [0.4, 0.5) is 11.5 Å². The fourth-order valence-electron chi connectivity index (χ4n) is 3.43. The molecule has 0 spiro atoms. The van der Waals surface area contributed by atoms with Gasteiger partial charge >= 0.3 is 0 Å². The summed E-state index contributed by atoms with van der Waals surface area (Å²) in [6.45, 7) is 6.07. The highest BCUT2D eigenvalue weighted by molar-refractivity contribution is 7.07. The maximum absolute atomic E-state index is 13.0. The smallest absolute Gasteiger partial charge is 0.276 e. The van der Waals surface area contributed by atoms with Crippen LogP contribution in [0.2, 0.25) is 0 Å². The summed E-state index contributed by atoms with van der Waals surface area (Å²) < 4.78 is 0. The number of benzene rings is 1. The standard InChI is InChI=1S/C23H27N5O3S/c1-23(2,3)10-18(29)28(4)14-7-8-15-16(9-14)26-20(19(15)22(31)25-13-5-6-13)27-21(30)17-11-32-12-24-17/h7-9,11-13,26H,5-6,10H2,1-4H3,(H,25,31)(H,27,30). The van der Waals surface area contributed by atoms with Crippen molar-refractivity contribution in [2.75, 3.05) is 17.3 Å². The fourth-order valence-corrected chi connectivity index (χ4v) is 3.96. The number of amides is 3. The van der Waals surface area contributed by atoms with E-state index in [1.807, 2.05) is 39.0 Å². The lowest BCUT2D eigenvalue weighted by Gasteiger charge is -2.23. The first-order chi connectivity index (χ1) is 15.1. The molecule has 2 heterocycles. The number of carbonyl (C=O) groups is 3. The molecule has 8 nitrogen and oxygen atoms in total. The van der Waals surface area contributed by atoms with E-state index in [0.717, 1.165) is 12.8 Å². The SMILES string of the molecule is CN(C(=O)CC(C)(C)C)c1ccc2c(C(=O)NC3CC3)c(NC(=O)c3cscn3)[nH]c2c1. The van der Waals surface area contributed by atoms with Crippen molar-refractivity contribution >= 4 is 51.5 Å². The zero-order valence-electron chi connectivity index (χ0n) is 18.6. The van der Waals surface area contributed by atoms with E-state index in [4.69, 9.17) is 0 Å². The van der Waals surface area contributed by atoms with Gasteiger partial charge in [-0.3, -0.25) is 14.4 Å². The van der Waals surface area contributed by atoms with E-state index in [9.17, 15) is 14.4 Å². The van der Waals surface area contributed by atoms with Gasteiger partial charge in [-0.15, -0.1) is 11.3 Å². The third-order valence-corrected chi connectivity index (χ3v) is 5.85. The molecular weight excluding hydrogens is 426 g/mol. The maximum Gasteiger partial charge on any atom is 0.276 e. The molecule has 168 valence electrons. The van der Waals surface area contributed by atoms with E-state index >= 15 is 0 Å². The van der Waals surface area contributed by atoms with Gasteiger partial charge in [0.1, 0.15) is 11.5 Å². The Morgan fingerprint density at radius 3 is 2.59 bits per heavy atom. The second-order valence-corrected chi connectivity index (χ2v) is 10.1. The highest BCUT2D eigenvalue weighted by Crippen LogP contribution is 2.32. The van der Waals surface area contributed by atoms with Crippen LogP contribution in [-0.4, -0.2) is 40.8 Å². The number of hydrogen-bond acceptors (Lipinski definition) is 5. The van der Waals surface area contributed by atoms with Gasteiger partial charge in [0.05, 0.1) is 11.1 Å². The van der Waals surface area contributed by atoms with Crippen LogP contribution in [0.3, 0.4) is 0 Å². The maximum atomic E-state index is 13.0. The normalized spacial score (nSPS) is 13.8. The van der Waals surface area contributed by atoms with Gasteiger partial charge in [-0.25, -0.2) is 4.98 Å². The van der Waals surface area contributed by atoms with Gasteiger partial charge < -0.3 is 20.5 Å². The Kier molecular flexibility index (Phi) is 5.77. The van der Waals surface area contributed by atoms with E-state index in [0.29, 0.717) is 34.4 Å². The molecule has 2 aromatic heterocycles. The van der Waals surface area contributed by atoms with E-state index in [-0.39, 0.29) is 29.0 Å². The molecule has 0 bridgehead atoms. The first kappa shape index (κ1) is 22.0. The van der Waals surface area contributed by atoms with Crippen molar-refractivity contribution in [1.29, 1.82) is 0 Å². The molecule has 3 aromatic rings. The Balaban J connectivity index is 1.68. The summed E-state index contributed by atoms with van der Waals surface area (Å²) in [5, 5.41) is 8.10. The molecule has 1 aliphatic carbocycles. The number of aromatic amines is 1. The number of thiazole rings is 1. The minimum atomic E-state index is -0.393. The van der Waals surface area contributed by atoms with E-state index in [1.54, 1.807) is 22.8 Å². The van der Waals surface area contributed by atoms with Crippen LogP contribution in [0.15, 0.2) is 29.1 Å². The third-order valence-electron chi connectivity index (χ3n) is 5.27. The van der Waals surface area contributed by atoms with Gasteiger partial charge in [0.2, 0.25) is 5.91 Å². The fraction of sp³-hybridized carbons (Fsp3) is 0.391. The highest BCUT2D eigenvalue weighted by atomic mass is 32.1. The molecule has 0 aliphatic heterocycles. The van der Waals surface area contributed by atoms with Gasteiger partial charge in [-0.05, 0) is 36.5 Å². The lowest BCUT2D eigenvalue weighted by Crippen LogP contribution is -2.29. The van der Waals surface area contributed by atoms with Crippen molar-refractivity contribution in [2.24, 2.45) is 5.41 Å². The van der Waals surface area contributed by atoms with Crippen LogP contribution in [0.1, 0.15) is 60.9 Å². The van der Waals surface area contributed by atoms with E-state index in [1.165, 1.54) is 11.3 Å². The summed E-state index contributed by atoms with van der Waals surface area (Å²) in [5.41, 5.74) is 3.49. The number of aromatic nitrogens is 2. The van der Waals surface area contributed by atoms with Crippen molar-refractivity contribution < 1.29 is 14.4 Å². The Morgan fingerprint density at radius 1 is 1.22 bits per heavy atom. The zero-order chi connectivity index (χ0) is 23.0. The Bertz CT molecular complexity index is 1170.